The van der Waals surface area contributed by atoms with Gasteiger partial charge in [0.1, 0.15) is 5.75 Å². The number of benzene rings is 1. The van der Waals surface area contributed by atoms with Crippen molar-refractivity contribution in [3.8, 4) is 5.75 Å². The molecule has 4 N–H and O–H groups in total. The SMILES string of the molecule is NCCC(=O)Nc1ccc2c(c1)NC(=O)CCO2. The topological polar surface area (TPSA) is 93.5 Å². The van der Waals surface area contributed by atoms with Gasteiger partial charge in [-0.25, -0.2) is 0 Å². The number of nitrogens with two attached hydrogens (primary N) is 1. The van der Waals surface area contributed by atoms with E-state index in [0.717, 1.165) is 0 Å². The lowest BCUT2D eigenvalue weighted by atomic mass is 10.2. The van der Waals surface area contributed by atoms with E-state index in [1.807, 2.05) is 0 Å². The van der Waals surface area contributed by atoms with Crippen LogP contribution in [0.15, 0.2) is 18.2 Å². The Morgan fingerprint density at radius 1 is 1.50 bits per heavy atom. The summed E-state index contributed by atoms with van der Waals surface area (Å²) in [7, 11) is 0. The fourth-order valence-corrected chi connectivity index (χ4v) is 1.65. The van der Waals surface area contributed by atoms with E-state index < -0.39 is 0 Å². The molecule has 18 heavy (non-hydrogen) atoms. The third kappa shape index (κ3) is 2.98. The Balaban J connectivity index is 2.15. The molecular formula is C12H15N3O3. The third-order valence-electron chi connectivity index (χ3n) is 2.50. The van der Waals surface area contributed by atoms with Crippen LogP contribution in [0.1, 0.15) is 12.8 Å². The molecular weight excluding hydrogens is 234 g/mol. The van der Waals surface area contributed by atoms with Crippen LogP contribution in [0.5, 0.6) is 5.75 Å². The quantitative estimate of drug-likeness (QED) is 0.734. The number of nitrogens with one attached hydrogen (secondary N) is 2. The number of carbonyl (C=O) groups is 2. The van der Waals surface area contributed by atoms with Gasteiger partial charge in [0.2, 0.25) is 11.8 Å². The number of amides is 2. The molecule has 0 bridgehead atoms. The first kappa shape index (κ1) is 12.4. The lowest BCUT2D eigenvalue weighted by Crippen LogP contribution is -2.16. The van der Waals surface area contributed by atoms with Crippen molar-refractivity contribution in [2.24, 2.45) is 5.73 Å². The van der Waals surface area contributed by atoms with Gasteiger partial charge in [-0.2, -0.15) is 0 Å². The highest BCUT2D eigenvalue weighted by Gasteiger charge is 2.14. The summed E-state index contributed by atoms with van der Waals surface area (Å²) < 4.78 is 5.41. The van der Waals surface area contributed by atoms with Crippen molar-refractivity contribution in [3.63, 3.8) is 0 Å². The van der Waals surface area contributed by atoms with Crippen molar-refractivity contribution < 1.29 is 14.3 Å². The summed E-state index contributed by atoms with van der Waals surface area (Å²) in [6.45, 7) is 0.661. The second-order valence-corrected chi connectivity index (χ2v) is 3.94. The molecule has 0 radical (unpaired) electrons. The van der Waals surface area contributed by atoms with Crippen LogP contribution >= 0.6 is 0 Å². The molecule has 2 amide bonds. The van der Waals surface area contributed by atoms with Gasteiger partial charge in [-0.05, 0) is 18.2 Å². The third-order valence-corrected chi connectivity index (χ3v) is 2.50. The number of rotatable bonds is 3. The molecule has 0 spiro atoms. The molecule has 0 aromatic heterocycles. The van der Waals surface area contributed by atoms with Crippen LogP contribution in [0.3, 0.4) is 0 Å². The van der Waals surface area contributed by atoms with Gasteiger partial charge >= 0.3 is 0 Å². The number of hydrogen-bond donors (Lipinski definition) is 3. The number of anilines is 2. The van der Waals surface area contributed by atoms with Gasteiger partial charge in [-0.15, -0.1) is 0 Å². The van der Waals surface area contributed by atoms with Crippen LogP contribution < -0.4 is 21.1 Å². The normalized spacial score (nSPS) is 13.9. The van der Waals surface area contributed by atoms with E-state index in [-0.39, 0.29) is 18.2 Å². The predicted molar refractivity (Wildman–Crippen MR) is 67.5 cm³/mol. The van der Waals surface area contributed by atoms with Gasteiger partial charge < -0.3 is 21.1 Å². The molecule has 2 rings (SSSR count). The fourth-order valence-electron chi connectivity index (χ4n) is 1.65. The van der Waals surface area contributed by atoms with E-state index >= 15 is 0 Å². The molecule has 1 heterocycles. The highest BCUT2D eigenvalue weighted by molar-refractivity contribution is 5.96. The molecule has 0 saturated carbocycles. The average molecular weight is 249 g/mol. The number of hydrogen-bond acceptors (Lipinski definition) is 4. The lowest BCUT2D eigenvalue weighted by Gasteiger charge is -2.10. The van der Waals surface area contributed by atoms with Crippen LogP contribution in [0.4, 0.5) is 11.4 Å². The highest BCUT2D eigenvalue weighted by atomic mass is 16.5. The predicted octanol–water partition coefficient (Wildman–Crippen LogP) is 0.695. The molecule has 6 heteroatoms. The molecule has 1 aliphatic rings. The summed E-state index contributed by atoms with van der Waals surface area (Å²) in [5.74, 6) is 0.357. The van der Waals surface area contributed by atoms with Gasteiger partial charge in [0, 0.05) is 18.7 Å². The Kier molecular flexibility index (Phi) is 3.78. The first-order chi connectivity index (χ1) is 8.69. The van der Waals surface area contributed by atoms with E-state index in [0.29, 0.717) is 36.7 Å². The fraction of sp³-hybridized carbons (Fsp3) is 0.333. The summed E-state index contributed by atoms with van der Waals surface area (Å²) in [5, 5.41) is 5.43. The summed E-state index contributed by atoms with van der Waals surface area (Å²) in [6.07, 6.45) is 0.587. The average Bonchev–Trinajstić information content (AvgIpc) is 2.49. The maximum atomic E-state index is 11.4. The van der Waals surface area contributed by atoms with Gasteiger partial charge in [0.15, 0.2) is 0 Å². The summed E-state index contributed by atoms with van der Waals surface area (Å²) in [6, 6.07) is 5.12. The van der Waals surface area contributed by atoms with Crippen molar-refractivity contribution in [1.29, 1.82) is 0 Å². The minimum absolute atomic E-state index is 0.0980. The molecule has 0 fully saturated rings. The molecule has 1 aliphatic heterocycles. The van der Waals surface area contributed by atoms with E-state index in [9.17, 15) is 9.59 Å². The lowest BCUT2D eigenvalue weighted by molar-refractivity contribution is -0.117. The van der Waals surface area contributed by atoms with E-state index in [4.69, 9.17) is 10.5 Å². The molecule has 0 aliphatic carbocycles. The van der Waals surface area contributed by atoms with E-state index in [2.05, 4.69) is 10.6 Å². The summed E-state index contributed by atoms with van der Waals surface area (Å²) >= 11 is 0. The monoisotopic (exact) mass is 249 g/mol. The zero-order valence-corrected chi connectivity index (χ0v) is 9.86. The second kappa shape index (κ2) is 5.50. The minimum Gasteiger partial charge on any atom is -0.491 e. The summed E-state index contributed by atoms with van der Waals surface area (Å²) in [5.41, 5.74) is 6.48. The van der Waals surface area contributed by atoms with Gasteiger partial charge in [-0.1, -0.05) is 0 Å². The second-order valence-electron chi connectivity index (χ2n) is 3.94. The van der Waals surface area contributed by atoms with Crippen LogP contribution in [0, 0.1) is 0 Å². The first-order valence-electron chi connectivity index (χ1n) is 5.75. The molecule has 96 valence electrons. The molecule has 6 nitrogen and oxygen atoms in total. The van der Waals surface area contributed by atoms with Gasteiger partial charge in [-0.3, -0.25) is 9.59 Å². The maximum Gasteiger partial charge on any atom is 0.227 e. The van der Waals surface area contributed by atoms with Crippen LogP contribution in [0.2, 0.25) is 0 Å². The van der Waals surface area contributed by atoms with Gasteiger partial charge in [0.05, 0.1) is 18.7 Å². The molecule has 0 saturated heterocycles. The van der Waals surface area contributed by atoms with Crippen molar-refractivity contribution in [3.05, 3.63) is 18.2 Å². The Labute approximate surface area is 104 Å². The Morgan fingerprint density at radius 2 is 2.33 bits per heavy atom. The van der Waals surface area contributed by atoms with Crippen molar-refractivity contribution >= 4 is 23.2 Å². The first-order valence-corrected chi connectivity index (χ1v) is 5.75. The Morgan fingerprint density at radius 3 is 3.11 bits per heavy atom. The molecule has 0 unspecified atom stereocenters. The number of carbonyl (C=O) groups excluding carboxylic acids is 2. The molecule has 0 atom stereocenters. The van der Waals surface area contributed by atoms with Crippen molar-refractivity contribution in [2.75, 3.05) is 23.8 Å². The van der Waals surface area contributed by atoms with Crippen molar-refractivity contribution in [1.82, 2.24) is 0 Å². The zero-order chi connectivity index (χ0) is 13.0. The van der Waals surface area contributed by atoms with Crippen LogP contribution in [-0.2, 0) is 9.59 Å². The number of ether oxygens (including phenoxy) is 1. The Hall–Kier alpha value is -2.08. The summed E-state index contributed by atoms with van der Waals surface area (Å²) in [4.78, 5) is 22.8. The van der Waals surface area contributed by atoms with Crippen LogP contribution in [-0.4, -0.2) is 25.0 Å². The highest BCUT2D eigenvalue weighted by Crippen LogP contribution is 2.30. The van der Waals surface area contributed by atoms with E-state index in [1.54, 1.807) is 18.2 Å². The minimum atomic E-state index is -0.154. The number of fused-ring (bicyclic) bond motifs is 1. The van der Waals surface area contributed by atoms with Crippen LogP contribution in [0.25, 0.3) is 0 Å². The molecule has 1 aromatic carbocycles. The maximum absolute atomic E-state index is 11.4. The largest absolute Gasteiger partial charge is 0.491 e. The van der Waals surface area contributed by atoms with Gasteiger partial charge in [0.25, 0.3) is 0 Å². The van der Waals surface area contributed by atoms with E-state index in [1.165, 1.54) is 0 Å². The standard InChI is InChI=1S/C12H15N3O3/c13-5-3-11(16)14-8-1-2-10-9(7-8)15-12(17)4-6-18-10/h1-2,7H,3-6,13H2,(H,14,16)(H,15,17). The molecule has 1 aromatic rings. The smallest absolute Gasteiger partial charge is 0.227 e. The zero-order valence-electron chi connectivity index (χ0n) is 9.86. The van der Waals surface area contributed by atoms with Crippen molar-refractivity contribution in [2.45, 2.75) is 12.8 Å². The Bertz CT molecular complexity index is 474.